The van der Waals surface area contributed by atoms with Crippen molar-refractivity contribution < 1.29 is 13.2 Å². The van der Waals surface area contributed by atoms with Crippen LogP contribution in [0.15, 0.2) is 34.7 Å². The van der Waals surface area contributed by atoms with Gasteiger partial charge < -0.3 is 10.5 Å². The molecule has 0 unspecified atom stereocenters. The molecule has 0 spiro atoms. The smallest absolute Gasteiger partial charge is 0.247 e. The van der Waals surface area contributed by atoms with Crippen LogP contribution in [0, 0.1) is 0 Å². The highest BCUT2D eigenvalue weighted by atomic mass is 32.2. The fraction of sp³-hybridized carbons (Fsp3) is 0.429. The van der Waals surface area contributed by atoms with Crippen LogP contribution in [0.4, 0.5) is 0 Å². The number of nitrogens with two attached hydrogens (primary N) is 1. The Morgan fingerprint density at radius 3 is 2.70 bits per heavy atom. The highest BCUT2D eigenvalue weighted by molar-refractivity contribution is 7.89. The zero-order valence-corrected chi connectivity index (χ0v) is 12.6. The molecular formula is C14H20N2O3S. The van der Waals surface area contributed by atoms with Gasteiger partial charge in [0.05, 0.1) is 7.11 Å². The Balaban J connectivity index is 2.43. The zero-order chi connectivity index (χ0) is 14.8. The zero-order valence-electron chi connectivity index (χ0n) is 11.8. The van der Waals surface area contributed by atoms with Crippen LogP contribution in [0.5, 0.6) is 5.75 Å². The number of benzene rings is 1. The lowest BCUT2D eigenvalue weighted by molar-refractivity contribution is 0.393. The largest absolute Gasteiger partial charge is 0.495 e. The van der Waals surface area contributed by atoms with Crippen molar-refractivity contribution in [3.05, 3.63) is 35.4 Å². The summed E-state index contributed by atoms with van der Waals surface area (Å²) in [5.41, 5.74) is 7.58. The summed E-state index contributed by atoms with van der Waals surface area (Å²) >= 11 is 0. The molecule has 0 amide bonds. The highest BCUT2D eigenvalue weighted by Gasteiger charge is 2.28. The van der Waals surface area contributed by atoms with Gasteiger partial charge in [0, 0.05) is 19.6 Å². The normalized spacial score (nSPS) is 16.9. The Hall–Kier alpha value is -1.37. The van der Waals surface area contributed by atoms with E-state index in [1.54, 1.807) is 18.2 Å². The first-order chi connectivity index (χ1) is 9.48. The summed E-state index contributed by atoms with van der Waals surface area (Å²) < 4.78 is 32.1. The number of hydrogen-bond acceptors (Lipinski definition) is 4. The fourth-order valence-electron chi connectivity index (χ4n) is 2.16. The molecule has 0 aliphatic carbocycles. The minimum atomic E-state index is -3.55. The molecule has 0 fully saturated rings. The van der Waals surface area contributed by atoms with Crippen molar-refractivity contribution in [1.29, 1.82) is 0 Å². The van der Waals surface area contributed by atoms with Crippen LogP contribution >= 0.6 is 0 Å². The SMILES string of the molecule is COc1ccc(CN)cc1S(=O)(=O)N1CC=C(C)CC1. The van der Waals surface area contributed by atoms with Gasteiger partial charge in [0.15, 0.2) is 0 Å². The summed E-state index contributed by atoms with van der Waals surface area (Å²) in [6.07, 6.45) is 2.71. The van der Waals surface area contributed by atoms with Crippen LogP contribution in [-0.4, -0.2) is 32.9 Å². The topological polar surface area (TPSA) is 72.6 Å². The third-order valence-electron chi connectivity index (χ3n) is 3.48. The van der Waals surface area contributed by atoms with Gasteiger partial charge in [0.2, 0.25) is 10.0 Å². The number of hydrogen-bond donors (Lipinski definition) is 1. The van der Waals surface area contributed by atoms with Crippen molar-refractivity contribution in [2.75, 3.05) is 20.2 Å². The molecule has 20 heavy (non-hydrogen) atoms. The van der Waals surface area contributed by atoms with Gasteiger partial charge in [-0.05, 0) is 31.0 Å². The van der Waals surface area contributed by atoms with E-state index in [4.69, 9.17) is 10.5 Å². The van der Waals surface area contributed by atoms with Crippen LogP contribution in [0.2, 0.25) is 0 Å². The van der Waals surface area contributed by atoms with E-state index in [2.05, 4.69) is 0 Å². The first-order valence-electron chi connectivity index (χ1n) is 6.52. The monoisotopic (exact) mass is 296 g/mol. The Bertz CT molecular complexity index is 623. The van der Waals surface area contributed by atoms with Crippen LogP contribution in [0.1, 0.15) is 18.9 Å². The number of nitrogens with zero attached hydrogens (tertiary/aromatic N) is 1. The van der Waals surface area contributed by atoms with Crippen LogP contribution in [0.3, 0.4) is 0 Å². The van der Waals surface area contributed by atoms with Gasteiger partial charge in [-0.15, -0.1) is 0 Å². The summed E-state index contributed by atoms with van der Waals surface area (Å²) in [6.45, 7) is 3.22. The molecular weight excluding hydrogens is 276 g/mol. The Kier molecular flexibility index (Phi) is 4.47. The quantitative estimate of drug-likeness (QED) is 0.855. The Morgan fingerprint density at radius 1 is 1.40 bits per heavy atom. The molecule has 0 aromatic heterocycles. The molecule has 5 nitrogen and oxygen atoms in total. The molecule has 2 rings (SSSR count). The van der Waals surface area contributed by atoms with E-state index in [9.17, 15) is 8.42 Å². The van der Waals surface area contributed by atoms with Gasteiger partial charge in [-0.1, -0.05) is 17.7 Å². The van der Waals surface area contributed by atoms with E-state index in [1.165, 1.54) is 17.0 Å². The van der Waals surface area contributed by atoms with Gasteiger partial charge >= 0.3 is 0 Å². The van der Waals surface area contributed by atoms with E-state index < -0.39 is 10.0 Å². The summed E-state index contributed by atoms with van der Waals surface area (Å²) in [5, 5.41) is 0. The van der Waals surface area contributed by atoms with E-state index >= 15 is 0 Å². The summed E-state index contributed by atoms with van der Waals surface area (Å²) in [4.78, 5) is 0.191. The third kappa shape index (κ3) is 2.87. The lowest BCUT2D eigenvalue weighted by Crippen LogP contribution is -2.35. The average Bonchev–Trinajstić information content (AvgIpc) is 2.47. The molecule has 1 aromatic rings. The summed E-state index contributed by atoms with van der Waals surface area (Å²) in [6, 6.07) is 5.03. The first-order valence-corrected chi connectivity index (χ1v) is 7.96. The molecule has 0 saturated heterocycles. The van der Waals surface area contributed by atoms with E-state index in [0.29, 0.717) is 25.4 Å². The lowest BCUT2D eigenvalue weighted by atomic mass is 10.1. The van der Waals surface area contributed by atoms with Gasteiger partial charge in [-0.3, -0.25) is 0 Å². The second-order valence-corrected chi connectivity index (χ2v) is 6.76. The van der Waals surface area contributed by atoms with Gasteiger partial charge in [-0.2, -0.15) is 4.31 Å². The van der Waals surface area contributed by atoms with Crippen molar-refractivity contribution >= 4 is 10.0 Å². The van der Waals surface area contributed by atoms with Crippen molar-refractivity contribution in [3.8, 4) is 5.75 Å². The van der Waals surface area contributed by atoms with Gasteiger partial charge in [-0.25, -0.2) is 8.42 Å². The molecule has 0 bridgehead atoms. The molecule has 6 heteroatoms. The molecule has 1 heterocycles. The van der Waals surface area contributed by atoms with Crippen molar-refractivity contribution in [2.45, 2.75) is 24.8 Å². The highest BCUT2D eigenvalue weighted by Crippen LogP contribution is 2.29. The molecule has 1 aliphatic heterocycles. The fourth-order valence-corrected chi connectivity index (χ4v) is 3.75. The summed E-state index contributed by atoms with van der Waals surface area (Å²) in [7, 11) is -2.08. The number of sulfonamides is 1. The van der Waals surface area contributed by atoms with Gasteiger partial charge in [0.25, 0.3) is 0 Å². The first kappa shape index (κ1) is 15.0. The predicted molar refractivity (Wildman–Crippen MR) is 78.0 cm³/mol. The third-order valence-corrected chi connectivity index (χ3v) is 5.37. The van der Waals surface area contributed by atoms with Crippen LogP contribution < -0.4 is 10.5 Å². The number of methoxy groups -OCH3 is 1. The molecule has 110 valence electrons. The second kappa shape index (κ2) is 5.95. The average molecular weight is 296 g/mol. The predicted octanol–water partition coefficient (Wildman–Crippen LogP) is 1.49. The Morgan fingerprint density at radius 2 is 2.15 bits per heavy atom. The maximum atomic E-state index is 12.7. The second-order valence-electron chi connectivity index (χ2n) is 4.85. The van der Waals surface area contributed by atoms with Crippen molar-refractivity contribution in [1.82, 2.24) is 4.31 Å². The lowest BCUT2D eigenvalue weighted by Gasteiger charge is -2.25. The minimum Gasteiger partial charge on any atom is -0.495 e. The standard InChI is InChI=1S/C14H20N2O3S/c1-11-5-7-16(8-6-11)20(17,18)14-9-12(10-15)3-4-13(14)19-2/h3-5,9H,6-8,10,15H2,1-2H3. The maximum absolute atomic E-state index is 12.7. The summed E-state index contributed by atoms with van der Waals surface area (Å²) in [5.74, 6) is 0.355. The van der Waals surface area contributed by atoms with E-state index in [1.807, 2.05) is 13.0 Å². The molecule has 1 aromatic carbocycles. The van der Waals surface area contributed by atoms with Crippen LogP contribution in [0.25, 0.3) is 0 Å². The minimum absolute atomic E-state index is 0.191. The number of ether oxygens (including phenoxy) is 1. The Labute approximate surface area is 120 Å². The molecule has 0 radical (unpaired) electrons. The number of rotatable bonds is 4. The molecule has 0 saturated carbocycles. The molecule has 1 aliphatic rings. The molecule has 2 N–H and O–H groups in total. The maximum Gasteiger partial charge on any atom is 0.247 e. The van der Waals surface area contributed by atoms with E-state index in [-0.39, 0.29) is 4.90 Å². The molecule has 0 atom stereocenters. The van der Waals surface area contributed by atoms with E-state index in [0.717, 1.165) is 12.0 Å². The van der Waals surface area contributed by atoms with Crippen molar-refractivity contribution in [3.63, 3.8) is 0 Å². The van der Waals surface area contributed by atoms with Crippen LogP contribution in [-0.2, 0) is 16.6 Å². The van der Waals surface area contributed by atoms with Crippen molar-refractivity contribution in [2.24, 2.45) is 5.73 Å². The van der Waals surface area contributed by atoms with Gasteiger partial charge in [0.1, 0.15) is 10.6 Å².